The Labute approximate surface area is 208 Å². The molecule has 37 heavy (non-hydrogen) atoms. The highest BCUT2D eigenvalue weighted by Crippen LogP contribution is 2.31. The second-order valence-electron chi connectivity index (χ2n) is 7.56. The number of ether oxygens (including phenoxy) is 1. The number of anilines is 3. The first kappa shape index (κ1) is 25.2. The Kier molecular flexibility index (Phi) is 7.05. The van der Waals surface area contributed by atoms with Crippen molar-refractivity contribution >= 4 is 29.2 Å². The van der Waals surface area contributed by atoms with E-state index in [1.807, 2.05) is 6.07 Å². The highest BCUT2D eigenvalue weighted by molar-refractivity contribution is 5.86. The Balaban J connectivity index is 1.59. The quantitative estimate of drug-likeness (QED) is 0.237. The molecule has 0 aliphatic rings. The predicted molar refractivity (Wildman–Crippen MR) is 128 cm³/mol. The molecule has 190 valence electrons. The lowest BCUT2D eigenvalue weighted by atomic mass is 10.1. The van der Waals surface area contributed by atoms with Gasteiger partial charge in [0, 0.05) is 24.7 Å². The van der Waals surface area contributed by atoms with Crippen LogP contribution >= 0.6 is 0 Å². The van der Waals surface area contributed by atoms with Crippen LogP contribution < -0.4 is 16.4 Å². The molecule has 0 fully saturated rings. The van der Waals surface area contributed by atoms with Gasteiger partial charge in [0.05, 0.1) is 23.4 Å². The summed E-state index contributed by atoms with van der Waals surface area (Å²) in [6.45, 7) is 2.43. The van der Waals surface area contributed by atoms with Crippen molar-refractivity contribution in [2.24, 2.45) is 0 Å². The fraction of sp³-hybridized carbons (Fsp3) is 0.217. The van der Waals surface area contributed by atoms with Crippen LogP contribution in [0.25, 0.3) is 16.9 Å². The maximum Gasteiger partial charge on any atom is 0.416 e. The summed E-state index contributed by atoms with van der Waals surface area (Å²) in [6, 6.07) is 11.1. The van der Waals surface area contributed by atoms with Gasteiger partial charge in [-0.1, -0.05) is 12.1 Å². The number of rotatable bonds is 8. The number of nitriles is 1. The number of hydrogen-bond donors (Lipinski definition) is 3. The maximum atomic E-state index is 13.0. The van der Waals surface area contributed by atoms with Crippen LogP contribution in [-0.4, -0.2) is 50.2 Å². The van der Waals surface area contributed by atoms with Gasteiger partial charge in [0.2, 0.25) is 5.95 Å². The first-order valence-electron chi connectivity index (χ1n) is 11.0. The van der Waals surface area contributed by atoms with Crippen LogP contribution in [0.4, 0.5) is 30.8 Å². The van der Waals surface area contributed by atoms with E-state index < -0.39 is 17.7 Å². The van der Waals surface area contributed by atoms with E-state index >= 15 is 0 Å². The minimum atomic E-state index is -4.47. The number of carbonyl (C=O) groups excluding carboxylic acids is 1. The van der Waals surface area contributed by atoms with Crippen LogP contribution in [0.2, 0.25) is 0 Å². The van der Waals surface area contributed by atoms with E-state index in [0.29, 0.717) is 30.2 Å². The van der Waals surface area contributed by atoms with E-state index in [2.05, 4.69) is 30.7 Å². The minimum Gasteiger partial charge on any atom is -0.460 e. The van der Waals surface area contributed by atoms with E-state index in [-0.39, 0.29) is 35.4 Å². The van der Waals surface area contributed by atoms with Gasteiger partial charge in [-0.3, -0.25) is 0 Å². The molecule has 0 atom stereocenters. The summed E-state index contributed by atoms with van der Waals surface area (Å²) in [7, 11) is 0. The Hall–Kier alpha value is -4.93. The molecule has 14 heteroatoms. The molecule has 1 aromatic carbocycles. The Morgan fingerprint density at radius 3 is 2.49 bits per heavy atom. The van der Waals surface area contributed by atoms with Crippen LogP contribution in [0, 0.1) is 11.3 Å². The lowest BCUT2D eigenvalue weighted by Crippen LogP contribution is -2.17. The molecule has 0 aliphatic carbocycles. The highest BCUT2D eigenvalue weighted by Gasteiger charge is 2.30. The van der Waals surface area contributed by atoms with Gasteiger partial charge in [0.25, 0.3) is 5.82 Å². The molecule has 0 radical (unpaired) electrons. The molecular weight excluding hydrogens is 491 g/mol. The van der Waals surface area contributed by atoms with Crippen molar-refractivity contribution in [1.29, 1.82) is 5.26 Å². The summed E-state index contributed by atoms with van der Waals surface area (Å²) in [5, 5.41) is 19.2. The normalized spacial score (nSPS) is 11.2. The fourth-order valence-electron chi connectivity index (χ4n) is 3.30. The lowest BCUT2D eigenvalue weighted by Gasteiger charge is -2.11. The van der Waals surface area contributed by atoms with Gasteiger partial charge in [-0.25, -0.2) is 19.7 Å². The second-order valence-corrected chi connectivity index (χ2v) is 7.56. The molecular formula is C23H20F3N9O2. The summed E-state index contributed by atoms with van der Waals surface area (Å²) >= 11 is 0. The molecule has 4 N–H and O–H groups in total. The molecule has 0 saturated heterocycles. The summed E-state index contributed by atoms with van der Waals surface area (Å²) in [5.74, 6) is -0.155. The number of nitrogens with one attached hydrogen (secondary N) is 2. The van der Waals surface area contributed by atoms with Crippen LogP contribution in [-0.2, 0) is 10.9 Å². The van der Waals surface area contributed by atoms with Crippen molar-refractivity contribution in [3.8, 4) is 17.3 Å². The average Bonchev–Trinajstić information content (AvgIpc) is 3.31. The molecule has 4 rings (SSSR count). The standard InChI is InChI=1S/C23H20F3N9O2/c1-2-37-21(36)20-33-18-11-16(13-3-6-15(7-4-13)23(24,25)26)31-22(35(18)34-20)30-10-9-29-17-8-5-14(12-27)19(28)32-17/h3-8,11H,2,9-10H2,1H3,(H,30,31)(H3,28,29,32). The van der Waals surface area contributed by atoms with Crippen LogP contribution in [0.15, 0.2) is 42.5 Å². The summed E-state index contributed by atoms with van der Waals surface area (Å²) < 4.78 is 45.2. The highest BCUT2D eigenvalue weighted by atomic mass is 19.4. The smallest absolute Gasteiger partial charge is 0.416 e. The monoisotopic (exact) mass is 511 g/mol. The number of alkyl halides is 3. The number of halogens is 3. The first-order valence-corrected chi connectivity index (χ1v) is 11.0. The number of aromatic nitrogens is 5. The predicted octanol–water partition coefficient (Wildman–Crippen LogP) is 3.36. The third-order valence-corrected chi connectivity index (χ3v) is 5.05. The van der Waals surface area contributed by atoms with Crippen molar-refractivity contribution in [2.75, 3.05) is 36.1 Å². The topological polar surface area (TPSA) is 156 Å². The van der Waals surface area contributed by atoms with Gasteiger partial charge in [-0.15, -0.1) is 5.10 Å². The fourth-order valence-corrected chi connectivity index (χ4v) is 3.30. The SMILES string of the molecule is CCOC(=O)c1nc2cc(-c3ccc(C(F)(F)F)cc3)nc(NCCNc3ccc(C#N)c(N)n3)n2n1. The van der Waals surface area contributed by atoms with Gasteiger partial charge in [-0.2, -0.15) is 22.9 Å². The number of fused-ring (bicyclic) bond motifs is 1. The van der Waals surface area contributed by atoms with Crippen molar-refractivity contribution in [1.82, 2.24) is 24.6 Å². The molecule has 0 saturated carbocycles. The number of nitrogen functional groups attached to an aromatic ring is 1. The third kappa shape index (κ3) is 5.67. The number of esters is 1. The van der Waals surface area contributed by atoms with Gasteiger partial charge in [0.15, 0.2) is 5.65 Å². The number of pyridine rings is 1. The Morgan fingerprint density at radius 2 is 1.84 bits per heavy atom. The molecule has 3 aromatic heterocycles. The van der Waals surface area contributed by atoms with Gasteiger partial charge in [0.1, 0.15) is 17.7 Å². The van der Waals surface area contributed by atoms with E-state index in [1.165, 1.54) is 22.7 Å². The zero-order valence-electron chi connectivity index (χ0n) is 19.4. The van der Waals surface area contributed by atoms with E-state index in [1.54, 1.807) is 19.1 Å². The zero-order chi connectivity index (χ0) is 26.6. The number of carbonyl (C=O) groups is 1. The summed E-state index contributed by atoms with van der Waals surface area (Å²) in [6.07, 6.45) is -4.47. The number of hydrogen-bond acceptors (Lipinski definition) is 10. The van der Waals surface area contributed by atoms with Crippen LogP contribution in [0.3, 0.4) is 0 Å². The van der Waals surface area contributed by atoms with Crippen molar-refractivity contribution < 1.29 is 22.7 Å². The molecule has 0 unspecified atom stereocenters. The van der Waals surface area contributed by atoms with Crippen LogP contribution in [0.1, 0.15) is 28.7 Å². The minimum absolute atomic E-state index is 0.0992. The molecule has 3 heterocycles. The number of nitrogens with zero attached hydrogens (tertiary/aromatic N) is 6. The third-order valence-electron chi connectivity index (χ3n) is 5.05. The molecule has 4 aromatic rings. The van der Waals surface area contributed by atoms with Crippen molar-refractivity contribution in [3.05, 3.63) is 59.4 Å². The van der Waals surface area contributed by atoms with E-state index in [0.717, 1.165) is 12.1 Å². The van der Waals surface area contributed by atoms with Crippen molar-refractivity contribution in [2.45, 2.75) is 13.1 Å². The van der Waals surface area contributed by atoms with Crippen molar-refractivity contribution in [3.63, 3.8) is 0 Å². The first-order chi connectivity index (χ1) is 17.7. The maximum absolute atomic E-state index is 13.0. The lowest BCUT2D eigenvalue weighted by molar-refractivity contribution is -0.137. The largest absolute Gasteiger partial charge is 0.460 e. The molecule has 0 amide bonds. The summed E-state index contributed by atoms with van der Waals surface area (Å²) in [4.78, 5) is 24.9. The van der Waals surface area contributed by atoms with Gasteiger partial charge in [-0.05, 0) is 31.2 Å². The zero-order valence-corrected chi connectivity index (χ0v) is 19.4. The molecule has 0 spiro atoms. The second kappa shape index (κ2) is 10.4. The van der Waals surface area contributed by atoms with E-state index in [4.69, 9.17) is 15.7 Å². The summed E-state index contributed by atoms with van der Waals surface area (Å²) in [5.41, 5.74) is 6.17. The van der Waals surface area contributed by atoms with Crippen LogP contribution in [0.5, 0.6) is 0 Å². The average molecular weight is 511 g/mol. The molecule has 11 nitrogen and oxygen atoms in total. The Morgan fingerprint density at radius 1 is 1.11 bits per heavy atom. The number of benzene rings is 1. The van der Waals surface area contributed by atoms with E-state index in [9.17, 15) is 18.0 Å². The number of nitrogens with two attached hydrogens (primary N) is 1. The molecule has 0 aliphatic heterocycles. The van der Waals surface area contributed by atoms with Gasteiger partial charge < -0.3 is 21.1 Å². The molecule has 0 bridgehead atoms. The van der Waals surface area contributed by atoms with Gasteiger partial charge >= 0.3 is 12.1 Å². The Bertz CT molecular complexity index is 1480.